The number of carbonyl (C=O) groups is 2. The Kier molecular flexibility index (Phi) is 8.01. The van der Waals surface area contributed by atoms with Gasteiger partial charge in [0.2, 0.25) is 0 Å². The van der Waals surface area contributed by atoms with Crippen molar-refractivity contribution in [3.05, 3.63) is 125 Å². The van der Waals surface area contributed by atoms with Gasteiger partial charge >= 0.3 is 0 Å². The van der Waals surface area contributed by atoms with E-state index in [0.29, 0.717) is 30.1 Å². The van der Waals surface area contributed by atoms with E-state index in [1.807, 2.05) is 43.3 Å². The Morgan fingerprint density at radius 3 is 2.41 bits per heavy atom. The fourth-order valence-corrected chi connectivity index (χ4v) is 4.90. The molecule has 0 saturated carbocycles. The van der Waals surface area contributed by atoms with Gasteiger partial charge in [0.05, 0.1) is 18.2 Å². The molecule has 1 aliphatic rings. The quantitative estimate of drug-likeness (QED) is 0.156. The number of aliphatic hydroxyl groups is 1. The average molecular weight is 551 g/mol. The van der Waals surface area contributed by atoms with Crippen LogP contribution in [0.2, 0.25) is 0 Å². The highest BCUT2D eigenvalue weighted by molar-refractivity contribution is 6.46. The van der Waals surface area contributed by atoms with E-state index < -0.39 is 17.7 Å². The number of ether oxygens (including phenoxy) is 2. The molecule has 1 aromatic heterocycles. The maximum Gasteiger partial charge on any atom is 0.295 e. The summed E-state index contributed by atoms with van der Waals surface area (Å²) in [4.78, 5) is 32.4. The fourth-order valence-electron chi connectivity index (χ4n) is 4.90. The monoisotopic (exact) mass is 550 g/mol. The first-order chi connectivity index (χ1) is 19.9. The summed E-state index contributed by atoms with van der Waals surface area (Å²) < 4.78 is 11.5. The molecule has 1 atom stereocenters. The number of phenolic OH excluding ortho intramolecular Hbond substituents is 1. The molecule has 1 amide bonds. The predicted molar refractivity (Wildman–Crippen MR) is 153 cm³/mol. The Balaban J connectivity index is 1.55. The summed E-state index contributed by atoms with van der Waals surface area (Å²) in [5.74, 6) is -1.06. The zero-order valence-corrected chi connectivity index (χ0v) is 22.8. The Hall–Kier alpha value is -5.11. The van der Waals surface area contributed by atoms with Gasteiger partial charge in [-0.05, 0) is 72.5 Å². The van der Waals surface area contributed by atoms with E-state index in [1.165, 1.54) is 11.0 Å². The van der Waals surface area contributed by atoms with Gasteiger partial charge in [-0.2, -0.15) is 0 Å². The van der Waals surface area contributed by atoms with Crippen LogP contribution in [0.5, 0.6) is 17.2 Å². The highest BCUT2D eigenvalue weighted by atomic mass is 16.5. The molecule has 8 heteroatoms. The number of rotatable bonds is 9. The second kappa shape index (κ2) is 12.0. The molecule has 2 heterocycles. The van der Waals surface area contributed by atoms with Crippen LogP contribution in [0.3, 0.4) is 0 Å². The van der Waals surface area contributed by atoms with E-state index in [2.05, 4.69) is 4.98 Å². The Morgan fingerprint density at radius 1 is 0.927 bits per heavy atom. The number of aryl methyl sites for hydroxylation is 1. The molecule has 1 aliphatic heterocycles. The molecule has 0 aliphatic carbocycles. The lowest BCUT2D eigenvalue weighted by Gasteiger charge is -2.26. The molecule has 0 spiro atoms. The van der Waals surface area contributed by atoms with E-state index in [9.17, 15) is 19.8 Å². The van der Waals surface area contributed by atoms with Crippen LogP contribution in [0.1, 0.15) is 40.8 Å². The minimum absolute atomic E-state index is 0.0515. The molecule has 1 saturated heterocycles. The number of nitrogens with zero attached hydrogens (tertiary/aromatic N) is 2. The number of pyridine rings is 1. The lowest BCUT2D eigenvalue weighted by atomic mass is 9.94. The van der Waals surface area contributed by atoms with Gasteiger partial charge in [-0.25, -0.2) is 0 Å². The van der Waals surface area contributed by atoms with Crippen LogP contribution in [0.25, 0.3) is 5.76 Å². The van der Waals surface area contributed by atoms with Crippen molar-refractivity contribution in [1.29, 1.82) is 0 Å². The molecule has 4 aromatic rings. The van der Waals surface area contributed by atoms with Crippen LogP contribution in [0.15, 0.2) is 96.8 Å². The topological polar surface area (TPSA) is 109 Å². The van der Waals surface area contributed by atoms with Gasteiger partial charge in [0.25, 0.3) is 11.7 Å². The summed E-state index contributed by atoms with van der Waals surface area (Å²) in [6.45, 7) is 4.43. The fraction of sp³-hybridized carbons (Fsp3) is 0.182. The van der Waals surface area contributed by atoms with Crippen LogP contribution in [-0.4, -0.2) is 38.4 Å². The van der Waals surface area contributed by atoms with Crippen LogP contribution < -0.4 is 9.47 Å². The molecule has 5 rings (SSSR count). The van der Waals surface area contributed by atoms with Crippen LogP contribution in [-0.2, 0) is 22.7 Å². The van der Waals surface area contributed by atoms with Crippen molar-refractivity contribution in [2.24, 2.45) is 0 Å². The molecular formula is C33H30N2O6. The minimum atomic E-state index is -0.927. The summed E-state index contributed by atoms with van der Waals surface area (Å²) in [5, 5.41) is 21.8. The number of likely N-dealkylation sites (tertiary alicyclic amines) is 1. The van der Waals surface area contributed by atoms with Crippen molar-refractivity contribution in [3.8, 4) is 17.2 Å². The molecule has 0 bridgehead atoms. The number of ketones is 1. The van der Waals surface area contributed by atoms with Crippen molar-refractivity contribution < 1.29 is 29.3 Å². The summed E-state index contributed by atoms with van der Waals surface area (Å²) >= 11 is 0. The highest BCUT2D eigenvalue weighted by Gasteiger charge is 2.46. The molecule has 8 nitrogen and oxygen atoms in total. The summed E-state index contributed by atoms with van der Waals surface area (Å²) in [6.07, 6.45) is 3.25. The molecule has 2 N–H and O–H groups in total. The second-order valence-electron chi connectivity index (χ2n) is 9.70. The summed E-state index contributed by atoms with van der Waals surface area (Å²) in [6, 6.07) is 22.2. The number of benzene rings is 3. The SMILES string of the molecule is CCOc1cc([C@H]2C(=C(O)c3ccc(OCc4ccccc4)c(C)c3)C(=O)C(=O)N2Cc2cccnc2)ccc1O. The van der Waals surface area contributed by atoms with Crippen molar-refractivity contribution >= 4 is 17.4 Å². The average Bonchev–Trinajstić information content (AvgIpc) is 3.23. The lowest BCUT2D eigenvalue weighted by Crippen LogP contribution is -2.29. The van der Waals surface area contributed by atoms with Gasteiger partial charge in [-0.1, -0.05) is 42.5 Å². The van der Waals surface area contributed by atoms with Crippen molar-refractivity contribution in [2.45, 2.75) is 33.0 Å². The van der Waals surface area contributed by atoms with Crippen molar-refractivity contribution in [3.63, 3.8) is 0 Å². The summed E-state index contributed by atoms with van der Waals surface area (Å²) in [7, 11) is 0. The number of aliphatic hydroxyl groups excluding tert-OH is 1. The number of Topliss-reactive ketones (excluding diaryl/α,β-unsaturated/α-hetero) is 1. The third-order valence-corrected chi connectivity index (χ3v) is 6.90. The van der Waals surface area contributed by atoms with Gasteiger partial charge in [-0.3, -0.25) is 14.6 Å². The Morgan fingerprint density at radius 2 is 1.71 bits per heavy atom. The van der Waals surface area contributed by atoms with E-state index >= 15 is 0 Å². The molecule has 1 fully saturated rings. The molecule has 208 valence electrons. The number of hydrogen-bond donors (Lipinski definition) is 2. The largest absolute Gasteiger partial charge is 0.507 e. The number of aromatic hydroxyl groups is 1. The third-order valence-electron chi connectivity index (χ3n) is 6.90. The van der Waals surface area contributed by atoms with Gasteiger partial charge in [0.15, 0.2) is 11.5 Å². The van der Waals surface area contributed by atoms with Gasteiger partial charge < -0.3 is 24.6 Å². The molecule has 0 radical (unpaired) electrons. The van der Waals surface area contributed by atoms with Gasteiger partial charge in [-0.15, -0.1) is 0 Å². The normalized spacial score (nSPS) is 16.1. The molecule has 3 aromatic carbocycles. The van der Waals surface area contributed by atoms with E-state index in [-0.39, 0.29) is 29.4 Å². The zero-order chi connectivity index (χ0) is 28.9. The van der Waals surface area contributed by atoms with Crippen LogP contribution >= 0.6 is 0 Å². The zero-order valence-electron chi connectivity index (χ0n) is 22.8. The van der Waals surface area contributed by atoms with E-state index in [1.54, 1.807) is 55.7 Å². The number of carbonyl (C=O) groups excluding carboxylic acids is 2. The van der Waals surface area contributed by atoms with Gasteiger partial charge in [0, 0.05) is 24.5 Å². The lowest BCUT2D eigenvalue weighted by molar-refractivity contribution is -0.140. The second-order valence-corrected chi connectivity index (χ2v) is 9.70. The Bertz CT molecular complexity index is 1600. The van der Waals surface area contributed by atoms with Gasteiger partial charge in [0.1, 0.15) is 18.1 Å². The first-order valence-electron chi connectivity index (χ1n) is 13.3. The molecule has 0 unspecified atom stereocenters. The van der Waals surface area contributed by atoms with E-state index in [0.717, 1.165) is 16.7 Å². The maximum absolute atomic E-state index is 13.5. The number of hydrogen-bond acceptors (Lipinski definition) is 7. The van der Waals surface area contributed by atoms with Crippen molar-refractivity contribution in [1.82, 2.24) is 9.88 Å². The number of phenols is 1. The first-order valence-corrected chi connectivity index (χ1v) is 13.3. The molecule has 41 heavy (non-hydrogen) atoms. The maximum atomic E-state index is 13.5. The predicted octanol–water partition coefficient (Wildman–Crippen LogP) is 5.70. The third kappa shape index (κ3) is 5.77. The first kappa shape index (κ1) is 27.5. The number of amides is 1. The Labute approximate surface area is 238 Å². The highest BCUT2D eigenvalue weighted by Crippen LogP contribution is 2.42. The minimum Gasteiger partial charge on any atom is -0.507 e. The van der Waals surface area contributed by atoms with Crippen LogP contribution in [0, 0.1) is 6.92 Å². The molecular weight excluding hydrogens is 520 g/mol. The summed E-state index contributed by atoms with van der Waals surface area (Å²) in [5.41, 5.74) is 3.34. The van der Waals surface area contributed by atoms with Crippen LogP contribution in [0.4, 0.5) is 0 Å². The van der Waals surface area contributed by atoms with Crippen molar-refractivity contribution in [2.75, 3.05) is 6.61 Å². The standard InChI is InChI=1S/C33H30N2O6/c1-3-40-28-17-24(11-13-26(28)36)30-29(32(38)33(39)35(30)19-23-10-7-15-34-18-23)31(37)25-12-14-27(21(2)16-25)41-20-22-8-5-4-6-9-22/h4-18,30,36-37H,3,19-20H2,1-2H3/t30-/m0/s1. The van der Waals surface area contributed by atoms with E-state index in [4.69, 9.17) is 9.47 Å². The number of aromatic nitrogens is 1. The smallest absolute Gasteiger partial charge is 0.295 e.